The van der Waals surface area contributed by atoms with Crippen LogP contribution in [0.4, 0.5) is 0 Å². The molecule has 0 amide bonds. The zero-order chi connectivity index (χ0) is 19.0. The first-order valence-electron chi connectivity index (χ1n) is 10.5. The number of aromatic nitrogens is 1. The topological polar surface area (TPSA) is 37.8 Å². The van der Waals surface area contributed by atoms with E-state index in [0.29, 0.717) is 12.2 Å². The number of likely N-dealkylation sites (tertiary alicyclic amines) is 1. The number of pyridine rings is 1. The Morgan fingerprint density at radius 2 is 1.75 bits per heavy atom. The summed E-state index contributed by atoms with van der Waals surface area (Å²) in [6.45, 7) is 7.20. The number of piperidine rings is 1. The Morgan fingerprint density at radius 1 is 0.964 bits per heavy atom. The maximum atomic E-state index is 6.17. The highest BCUT2D eigenvalue weighted by atomic mass is 16.5. The van der Waals surface area contributed by atoms with E-state index in [2.05, 4.69) is 45.1 Å². The van der Waals surface area contributed by atoms with Crippen molar-refractivity contribution in [3.63, 3.8) is 0 Å². The van der Waals surface area contributed by atoms with E-state index >= 15 is 0 Å². The van der Waals surface area contributed by atoms with Gasteiger partial charge in [-0.25, -0.2) is 0 Å². The van der Waals surface area contributed by atoms with Crippen molar-refractivity contribution in [1.29, 1.82) is 0 Å². The Balaban J connectivity index is 1.23. The first-order valence-corrected chi connectivity index (χ1v) is 10.5. The summed E-state index contributed by atoms with van der Waals surface area (Å²) in [5, 5.41) is 0. The molecule has 150 valence electrons. The van der Waals surface area contributed by atoms with E-state index in [1.54, 1.807) is 12.4 Å². The molecule has 5 nitrogen and oxygen atoms in total. The van der Waals surface area contributed by atoms with Crippen molar-refractivity contribution in [2.24, 2.45) is 0 Å². The normalized spacial score (nSPS) is 22.6. The van der Waals surface area contributed by atoms with Gasteiger partial charge in [-0.2, -0.15) is 0 Å². The third-order valence-electron chi connectivity index (χ3n) is 5.63. The average molecular weight is 382 g/mol. The minimum Gasteiger partial charge on any atom is -0.490 e. The maximum Gasteiger partial charge on any atom is 0.122 e. The van der Waals surface area contributed by atoms with Gasteiger partial charge in [-0.3, -0.25) is 9.88 Å². The molecule has 0 aliphatic carbocycles. The molecule has 4 rings (SSSR count). The number of benzene rings is 1. The lowest BCUT2D eigenvalue weighted by Crippen LogP contribution is -2.45. The molecule has 1 unspecified atom stereocenters. The largest absolute Gasteiger partial charge is 0.490 e. The predicted molar refractivity (Wildman–Crippen MR) is 110 cm³/mol. The number of ether oxygens (including phenoxy) is 2. The summed E-state index contributed by atoms with van der Waals surface area (Å²) >= 11 is 0. The van der Waals surface area contributed by atoms with Crippen molar-refractivity contribution < 1.29 is 9.47 Å². The molecule has 0 spiro atoms. The minimum absolute atomic E-state index is 0.295. The fraction of sp³-hybridized carbons (Fsp3) is 0.522. The van der Waals surface area contributed by atoms with Crippen LogP contribution >= 0.6 is 0 Å². The second kappa shape index (κ2) is 10.0. The van der Waals surface area contributed by atoms with Gasteiger partial charge in [0.25, 0.3) is 0 Å². The van der Waals surface area contributed by atoms with Crippen LogP contribution < -0.4 is 4.74 Å². The Morgan fingerprint density at radius 3 is 2.54 bits per heavy atom. The van der Waals surface area contributed by atoms with Crippen LogP contribution in [0.15, 0.2) is 54.9 Å². The third kappa shape index (κ3) is 5.77. The smallest absolute Gasteiger partial charge is 0.122 e. The molecule has 0 N–H and O–H groups in total. The van der Waals surface area contributed by atoms with Gasteiger partial charge in [-0.05, 0) is 37.0 Å². The number of hydrogen-bond acceptors (Lipinski definition) is 5. The van der Waals surface area contributed by atoms with E-state index in [1.807, 2.05) is 12.1 Å². The van der Waals surface area contributed by atoms with Crippen LogP contribution in [-0.4, -0.2) is 66.3 Å². The molecule has 1 atom stereocenters. The highest BCUT2D eigenvalue weighted by molar-refractivity contribution is 5.17. The van der Waals surface area contributed by atoms with Crippen molar-refractivity contribution in [1.82, 2.24) is 14.8 Å². The van der Waals surface area contributed by atoms with E-state index in [1.165, 1.54) is 5.56 Å². The molecule has 1 aromatic carbocycles. The molecule has 2 aliphatic rings. The molecule has 5 heteroatoms. The van der Waals surface area contributed by atoms with Gasteiger partial charge >= 0.3 is 0 Å². The van der Waals surface area contributed by atoms with Gasteiger partial charge in [0.15, 0.2) is 0 Å². The number of nitrogens with zero attached hydrogens (tertiary/aromatic N) is 3. The molecular weight excluding hydrogens is 350 g/mol. The Hall–Kier alpha value is -1.95. The van der Waals surface area contributed by atoms with Crippen LogP contribution in [0.5, 0.6) is 5.75 Å². The van der Waals surface area contributed by atoms with Crippen molar-refractivity contribution in [3.05, 3.63) is 60.4 Å². The molecule has 28 heavy (non-hydrogen) atoms. The van der Waals surface area contributed by atoms with Crippen LogP contribution in [0.1, 0.15) is 24.8 Å². The van der Waals surface area contributed by atoms with Gasteiger partial charge < -0.3 is 14.4 Å². The fourth-order valence-corrected chi connectivity index (χ4v) is 4.17. The van der Waals surface area contributed by atoms with Gasteiger partial charge in [-0.1, -0.05) is 30.3 Å². The van der Waals surface area contributed by atoms with Gasteiger partial charge in [0.2, 0.25) is 0 Å². The first kappa shape index (κ1) is 19.4. The van der Waals surface area contributed by atoms with Crippen LogP contribution in [0.2, 0.25) is 0 Å². The highest BCUT2D eigenvalue weighted by Crippen LogP contribution is 2.19. The van der Waals surface area contributed by atoms with Gasteiger partial charge in [0.1, 0.15) is 11.9 Å². The zero-order valence-electron chi connectivity index (χ0n) is 16.6. The number of hydrogen-bond donors (Lipinski definition) is 0. The summed E-state index contributed by atoms with van der Waals surface area (Å²) in [5.74, 6) is 0.928. The Labute approximate surface area is 168 Å². The molecule has 3 heterocycles. The van der Waals surface area contributed by atoms with Crippen molar-refractivity contribution >= 4 is 0 Å². The molecule has 2 aromatic rings. The monoisotopic (exact) mass is 381 g/mol. The average Bonchev–Trinajstić information content (AvgIpc) is 2.96. The molecule has 2 saturated heterocycles. The predicted octanol–water partition coefficient (Wildman–Crippen LogP) is 3.22. The van der Waals surface area contributed by atoms with E-state index < -0.39 is 0 Å². The highest BCUT2D eigenvalue weighted by Gasteiger charge is 2.25. The van der Waals surface area contributed by atoms with Crippen LogP contribution in [0, 0.1) is 0 Å². The summed E-state index contributed by atoms with van der Waals surface area (Å²) in [6, 6.07) is 14.6. The van der Waals surface area contributed by atoms with Gasteiger partial charge in [-0.15, -0.1) is 0 Å². The zero-order valence-corrected chi connectivity index (χ0v) is 16.6. The standard InChI is InChI=1S/C23H31N3O2/c1-2-5-20(6-3-1)17-26-13-4-16-27-23(19-26)18-25-14-9-22(10-15-25)28-21-7-11-24-12-8-21/h1-3,5-8,11-12,22-23H,4,9-10,13-19H2. The van der Waals surface area contributed by atoms with Crippen LogP contribution in [0.3, 0.4) is 0 Å². The first-order chi connectivity index (χ1) is 13.8. The summed E-state index contributed by atoms with van der Waals surface area (Å²) in [5.41, 5.74) is 1.39. The van der Waals surface area contributed by atoms with E-state index in [0.717, 1.165) is 70.9 Å². The maximum absolute atomic E-state index is 6.17. The minimum atomic E-state index is 0.295. The van der Waals surface area contributed by atoms with Gasteiger partial charge in [0.05, 0.1) is 6.10 Å². The summed E-state index contributed by atoms with van der Waals surface area (Å²) < 4.78 is 12.3. The lowest BCUT2D eigenvalue weighted by molar-refractivity contribution is 0.0105. The summed E-state index contributed by atoms with van der Waals surface area (Å²) in [6.07, 6.45) is 7.44. The van der Waals surface area contributed by atoms with Crippen molar-refractivity contribution in [3.8, 4) is 5.75 Å². The van der Waals surface area contributed by atoms with Gasteiger partial charge in [0, 0.05) is 58.3 Å². The van der Waals surface area contributed by atoms with Crippen molar-refractivity contribution in [2.75, 3.05) is 39.3 Å². The van der Waals surface area contributed by atoms with E-state index in [4.69, 9.17) is 9.47 Å². The van der Waals surface area contributed by atoms with Crippen LogP contribution in [-0.2, 0) is 11.3 Å². The summed E-state index contributed by atoms with van der Waals surface area (Å²) in [4.78, 5) is 9.14. The second-order valence-electron chi connectivity index (χ2n) is 7.87. The molecule has 0 radical (unpaired) electrons. The number of rotatable bonds is 6. The Bertz CT molecular complexity index is 690. The van der Waals surface area contributed by atoms with E-state index in [9.17, 15) is 0 Å². The molecule has 2 aliphatic heterocycles. The molecule has 0 saturated carbocycles. The SMILES string of the molecule is c1ccc(CN2CCCOC(CN3CCC(Oc4ccncc4)CC3)C2)cc1. The molecule has 2 fully saturated rings. The van der Waals surface area contributed by atoms with Crippen molar-refractivity contribution in [2.45, 2.75) is 38.0 Å². The molecule has 1 aromatic heterocycles. The third-order valence-corrected chi connectivity index (χ3v) is 5.63. The molecular formula is C23H31N3O2. The summed E-state index contributed by atoms with van der Waals surface area (Å²) in [7, 11) is 0. The second-order valence-corrected chi connectivity index (χ2v) is 7.87. The van der Waals surface area contributed by atoms with Crippen LogP contribution in [0.25, 0.3) is 0 Å². The van der Waals surface area contributed by atoms with E-state index in [-0.39, 0.29) is 0 Å². The Kier molecular flexibility index (Phi) is 6.92. The lowest BCUT2D eigenvalue weighted by Gasteiger charge is -2.34. The lowest BCUT2D eigenvalue weighted by atomic mass is 10.1. The quantitative estimate of drug-likeness (QED) is 0.768. The molecule has 0 bridgehead atoms. The fourth-order valence-electron chi connectivity index (χ4n) is 4.17.